The summed E-state index contributed by atoms with van der Waals surface area (Å²) in [5.74, 6) is -0.172. The second-order valence-electron chi connectivity index (χ2n) is 5.20. The molecule has 0 spiro atoms. The quantitative estimate of drug-likeness (QED) is 0.712. The molecule has 2 N–H and O–H groups in total. The molecule has 2 aromatic carbocycles. The van der Waals surface area contributed by atoms with Crippen molar-refractivity contribution in [2.45, 2.75) is 11.1 Å². The summed E-state index contributed by atoms with van der Waals surface area (Å²) < 4.78 is 70.7. The molecule has 0 amide bonds. The molecule has 0 unspecified atom stereocenters. The van der Waals surface area contributed by atoms with Crippen LogP contribution in [0.5, 0.6) is 5.75 Å². The normalized spacial score (nSPS) is 12.1. The van der Waals surface area contributed by atoms with Gasteiger partial charge in [-0.1, -0.05) is 6.07 Å². The van der Waals surface area contributed by atoms with Crippen LogP contribution in [0.1, 0.15) is 5.56 Å². The third-order valence-electron chi connectivity index (χ3n) is 3.38. The van der Waals surface area contributed by atoms with Crippen molar-refractivity contribution in [1.29, 1.82) is 0 Å². The smallest absolute Gasteiger partial charge is 0.416 e. The highest BCUT2D eigenvalue weighted by molar-refractivity contribution is 7.92. The largest absolute Gasteiger partial charge is 0.508 e. The van der Waals surface area contributed by atoms with Gasteiger partial charge in [-0.2, -0.15) is 13.2 Å². The van der Waals surface area contributed by atoms with E-state index in [0.717, 1.165) is 24.3 Å². The van der Waals surface area contributed by atoms with Gasteiger partial charge in [0.05, 0.1) is 27.9 Å². The topological polar surface area (TPSA) is 92.4 Å². The van der Waals surface area contributed by atoms with Gasteiger partial charge in [0, 0.05) is 6.07 Å². The third kappa shape index (κ3) is 3.64. The monoisotopic (exact) mass is 384 g/mol. The number of nitrogens with one attached hydrogen (secondary N) is 1. The van der Waals surface area contributed by atoms with Crippen LogP contribution in [0.2, 0.25) is 0 Å². The van der Waals surface area contributed by atoms with Crippen LogP contribution in [0.4, 0.5) is 18.9 Å². The lowest BCUT2D eigenvalue weighted by atomic mass is 10.2. The molecule has 0 atom stereocenters. The van der Waals surface area contributed by atoms with Crippen LogP contribution in [0.15, 0.2) is 64.2 Å². The van der Waals surface area contributed by atoms with Crippen molar-refractivity contribution < 1.29 is 31.1 Å². The van der Waals surface area contributed by atoms with Crippen LogP contribution in [0.25, 0.3) is 11.5 Å². The second kappa shape index (κ2) is 6.37. The van der Waals surface area contributed by atoms with E-state index < -0.39 is 26.7 Å². The summed E-state index contributed by atoms with van der Waals surface area (Å²) in [5, 5.41) is 9.62. The van der Waals surface area contributed by atoms with E-state index in [1.54, 1.807) is 0 Å². The van der Waals surface area contributed by atoms with Gasteiger partial charge in [-0.25, -0.2) is 13.4 Å². The average molecular weight is 384 g/mol. The Labute approximate surface area is 146 Å². The Bertz CT molecular complexity index is 1030. The predicted molar refractivity (Wildman–Crippen MR) is 85.9 cm³/mol. The van der Waals surface area contributed by atoms with E-state index in [9.17, 15) is 26.7 Å². The molecule has 0 radical (unpaired) electrons. The summed E-state index contributed by atoms with van der Waals surface area (Å²) in [6.45, 7) is 0. The van der Waals surface area contributed by atoms with Crippen molar-refractivity contribution in [1.82, 2.24) is 4.98 Å². The fourth-order valence-electron chi connectivity index (χ4n) is 2.20. The van der Waals surface area contributed by atoms with Crippen LogP contribution in [-0.4, -0.2) is 18.5 Å². The molecule has 6 nitrogen and oxygen atoms in total. The molecule has 0 bridgehead atoms. The molecule has 1 aromatic heterocycles. The molecule has 3 rings (SSSR count). The Balaban J connectivity index is 2.03. The van der Waals surface area contributed by atoms with E-state index in [2.05, 4.69) is 9.71 Å². The van der Waals surface area contributed by atoms with Gasteiger partial charge in [0.25, 0.3) is 10.0 Å². The number of hydrogen-bond acceptors (Lipinski definition) is 5. The van der Waals surface area contributed by atoms with Crippen molar-refractivity contribution in [2.24, 2.45) is 0 Å². The fourth-order valence-corrected chi connectivity index (χ4v) is 3.32. The number of anilines is 1. The molecule has 10 heteroatoms. The first-order valence-corrected chi connectivity index (χ1v) is 8.58. The Hall–Kier alpha value is -3.01. The molecular weight excluding hydrogens is 373 g/mol. The zero-order valence-corrected chi connectivity index (χ0v) is 13.7. The number of sulfonamides is 1. The van der Waals surface area contributed by atoms with Crippen LogP contribution < -0.4 is 4.72 Å². The van der Waals surface area contributed by atoms with Crippen molar-refractivity contribution in [2.75, 3.05) is 4.72 Å². The summed E-state index contributed by atoms with van der Waals surface area (Å²) in [7, 11) is -4.36. The maximum atomic E-state index is 12.8. The summed E-state index contributed by atoms with van der Waals surface area (Å²) in [6, 6.07) is 7.08. The number of oxazole rings is 1. The lowest BCUT2D eigenvalue weighted by molar-refractivity contribution is -0.137. The third-order valence-corrected chi connectivity index (χ3v) is 4.75. The highest BCUT2D eigenvalue weighted by atomic mass is 32.2. The number of phenols is 1. The number of hydrogen-bond donors (Lipinski definition) is 2. The van der Waals surface area contributed by atoms with Crippen LogP contribution in [0.3, 0.4) is 0 Å². The molecule has 0 aliphatic carbocycles. The first-order valence-electron chi connectivity index (χ1n) is 7.10. The number of rotatable bonds is 4. The minimum Gasteiger partial charge on any atom is -0.508 e. The summed E-state index contributed by atoms with van der Waals surface area (Å²) in [6.07, 6.45) is -2.07. The Kier molecular flexibility index (Phi) is 4.36. The van der Waals surface area contributed by atoms with Gasteiger partial charge in [-0.05, 0) is 30.3 Å². The van der Waals surface area contributed by atoms with Gasteiger partial charge in [0.2, 0.25) is 5.89 Å². The lowest BCUT2D eigenvalue weighted by Crippen LogP contribution is -2.15. The van der Waals surface area contributed by atoms with Gasteiger partial charge in [0.1, 0.15) is 12.0 Å². The highest BCUT2D eigenvalue weighted by Gasteiger charge is 2.31. The number of aromatic hydroxyl groups is 1. The van der Waals surface area contributed by atoms with E-state index in [1.165, 1.54) is 24.6 Å². The van der Waals surface area contributed by atoms with E-state index in [4.69, 9.17) is 4.42 Å². The SMILES string of the molecule is O=S(=O)(Nc1cc(O)ccc1-c1ncco1)c1cccc(C(F)(F)F)c1. The molecule has 0 aliphatic rings. The molecular formula is C16H11F3N2O4S. The average Bonchev–Trinajstić information content (AvgIpc) is 3.08. The standard InChI is InChI=1S/C16H11F3N2O4S/c17-16(18,19)10-2-1-3-12(8-10)26(23,24)21-14-9-11(22)4-5-13(14)15-20-6-7-25-15/h1-9,21-22H. The van der Waals surface area contributed by atoms with E-state index >= 15 is 0 Å². The molecule has 0 saturated carbocycles. The van der Waals surface area contributed by atoms with E-state index in [-0.39, 0.29) is 22.9 Å². The molecule has 0 fully saturated rings. The number of nitrogens with zero attached hydrogens (tertiary/aromatic N) is 1. The molecule has 26 heavy (non-hydrogen) atoms. The molecule has 3 aromatic rings. The zero-order valence-electron chi connectivity index (χ0n) is 12.9. The lowest BCUT2D eigenvalue weighted by Gasteiger charge is -2.13. The van der Waals surface area contributed by atoms with Crippen molar-refractivity contribution >= 4 is 15.7 Å². The predicted octanol–water partition coefficient (Wildman–Crippen LogP) is 3.87. The van der Waals surface area contributed by atoms with Gasteiger partial charge in [-0.3, -0.25) is 4.72 Å². The number of aromatic nitrogens is 1. The summed E-state index contributed by atoms with van der Waals surface area (Å²) in [5.41, 5.74) is -0.975. The Morgan fingerprint density at radius 2 is 1.88 bits per heavy atom. The zero-order chi connectivity index (χ0) is 18.9. The first kappa shape index (κ1) is 17.8. The van der Waals surface area contributed by atoms with Gasteiger partial charge >= 0.3 is 6.18 Å². The minimum atomic E-state index is -4.68. The van der Waals surface area contributed by atoms with E-state index in [0.29, 0.717) is 6.07 Å². The van der Waals surface area contributed by atoms with Gasteiger partial charge < -0.3 is 9.52 Å². The first-order chi connectivity index (χ1) is 12.2. The summed E-state index contributed by atoms with van der Waals surface area (Å²) >= 11 is 0. The Morgan fingerprint density at radius 3 is 2.54 bits per heavy atom. The van der Waals surface area contributed by atoms with Crippen molar-refractivity contribution in [3.8, 4) is 17.2 Å². The van der Waals surface area contributed by atoms with Crippen molar-refractivity contribution in [3.05, 3.63) is 60.5 Å². The number of alkyl halides is 3. The van der Waals surface area contributed by atoms with Gasteiger partial charge in [0.15, 0.2) is 0 Å². The van der Waals surface area contributed by atoms with Crippen LogP contribution in [-0.2, 0) is 16.2 Å². The minimum absolute atomic E-state index is 0.0757. The maximum Gasteiger partial charge on any atom is 0.416 e. The summed E-state index contributed by atoms with van der Waals surface area (Å²) in [4.78, 5) is 3.32. The van der Waals surface area contributed by atoms with Gasteiger partial charge in [-0.15, -0.1) is 0 Å². The molecule has 1 heterocycles. The van der Waals surface area contributed by atoms with Crippen LogP contribution >= 0.6 is 0 Å². The fraction of sp³-hybridized carbons (Fsp3) is 0.0625. The maximum absolute atomic E-state index is 12.8. The number of benzene rings is 2. The van der Waals surface area contributed by atoms with Crippen molar-refractivity contribution in [3.63, 3.8) is 0 Å². The second-order valence-corrected chi connectivity index (χ2v) is 6.88. The molecule has 136 valence electrons. The highest BCUT2D eigenvalue weighted by Crippen LogP contribution is 2.33. The molecule has 0 aliphatic heterocycles. The Morgan fingerprint density at radius 1 is 1.12 bits per heavy atom. The number of phenolic OH excluding ortho intramolecular Hbond substituents is 1. The van der Waals surface area contributed by atoms with Crippen LogP contribution in [0, 0.1) is 0 Å². The number of halogens is 3. The van der Waals surface area contributed by atoms with E-state index in [1.807, 2.05) is 0 Å². The molecule has 0 saturated heterocycles.